The van der Waals surface area contributed by atoms with Crippen LogP contribution in [0.2, 0.25) is 0 Å². The van der Waals surface area contributed by atoms with E-state index in [0.717, 1.165) is 57.7 Å². The summed E-state index contributed by atoms with van der Waals surface area (Å²) < 4.78 is 56.1. The zero-order valence-corrected chi connectivity index (χ0v) is 18.4. The first-order valence-electron chi connectivity index (χ1n) is 11.3. The molecule has 1 aliphatic carbocycles. The number of anilines is 1. The molecular formula is C23H33F3N2O3. The summed E-state index contributed by atoms with van der Waals surface area (Å²) in [5.41, 5.74) is 0.138. The van der Waals surface area contributed by atoms with Crippen LogP contribution in [0, 0.1) is 0 Å². The van der Waals surface area contributed by atoms with E-state index in [-0.39, 0.29) is 11.6 Å². The molecule has 31 heavy (non-hydrogen) atoms. The number of ether oxygens (including phenoxy) is 3. The lowest BCUT2D eigenvalue weighted by molar-refractivity contribution is -0.137. The highest BCUT2D eigenvalue weighted by atomic mass is 19.4. The second-order valence-electron chi connectivity index (χ2n) is 9.20. The largest absolute Gasteiger partial charge is 0.471 e. The number of methoxy groups -OCH3 is 1. The number of benzene rings is 1. The molecule has 0 unspecified atom stereocenters. The van der Waals surface area contributed by atoms with Gasteiger partial charge in [0.15, 0.2) is 6.73 Å². The van der Waals surface area contributed by atoms with Gasteiger partial charge in [-0.3, -0.25) is 4.90 Å². The summed E-state index contributed by atoms with van der Waals surface area (Å²) in [6, 6.07) is 3.99. The summed E-state index contributed by atoms with van der Waals surface area (Å²) in [7, 11) is 1.69. The molecule has 1 aromatic carbocycles. The van der Waals surface area contributed by atoms with E-state index in [2.05, 4.69) is 11.8 Å². The van der Waals surface area contributed by atoms with Gasteiger partial charge in [0.05, 0.1) is 30.6 Å². The number of likely N-dealkylation sites (tertiary alicyclic amines) is 1. The Morgan fingerprint density at radius 1 is 1.10 bits per heavy atom. The molecule has 2 heterocycles. The maximum atomic E-state index is 13.2. The van der Waals surface area contributed by atoms with Gasteiger partial charge in [0.1, 0.15) is 5.75 Å². The quantitative estimate of drug-likeness (QED) is 0.597. The third-order valence-electron chi connectivity index (χ3n) is 7.27. The molecule has 3 aliphatic rings. The monoisotopic (exact) mass is 442 g/mol. The maximum absolute atomic E-state index is 13.2. The van der Waals surface area contributed by atoms with Crippen LogP contribution in [0.15, 0.2) is 18.2 Å². The van der Waals surface area contributed by atoms with Gasteiger partial charge in [-0.05, 0) is 63.6 Å². The fourth-order valence-corrected chi connectivity index (χ4v) is 5.26. The van der Waals surface area contributed by atoms with E-state index < -0.39 is 11.7 Å². The molecule has 8 heteroatoms. The van der Waals surface area contributed by atoms with E-state index in [1.807, 2.05) is 4.90 Å². The van der Waals surface area contributed by atoms with E-state index in [4.69, 9.17) is 14.2 Å². The van der Waals surface area contributed by atoms with Crippen molar-refractivity contribution in [3.63, 3.8) is 0 Å². The van der Waals surface area contributed by atoms with Crippen LogP contribution in [0.25, 0.3) is 0 Å². The van der Waals surface area contributed by atoms with Crippen molar-refractivity contribution in [2.24, 2.45) is 0 Å². The van der Waals surface area contributed by atoms with Crippen molar-refractivity contribution >= 4 is 5.69 Å². The Morgan fingerprint density at radius 3 is 2.45 bits per heavy atom. The first-order chi connectivity index (χ1) is 14.8. The van der Waals surface area contributed by atoms with E-state index in [9.17, 15) is 13.2 Å². The number of alkyl halides is 3. The van der Waals surface area contributed by atoms with Crippen LogP contribution < -0.4 is 9.64 Å². The van der Waals surface area contributed by atoms with Gasteiger partial charge in [-0.1, -0.05) is 0 Å². The van der Waals surface area contributed by atoms with E-state index in [0.29, 0.717) is 37.5 Å². The second-order valence-corrected chi connectivity index (χ2v) is 9.20. The summed E-state index contributed by atoms with van der Waals surface area (Å²) in [6.07, 6.45) is 2.20. The Labute approximate surface area is 182 Å². The highest BCUT2D eigenvalue weighted by Crippen LogP contribution is 2.42. The summed E-state index contributed by atoms with van der Waals surface area (Å²) in [6.45, 7) is 5.89. The van der Waals surface area contributed by atoms with Gasteiger partial charge in [-0.25, -0.2) is 0 Å². The summed E-state index contributed by atoms with van der Waals surface area (Å²) in [5, 5.41) is 0. The summed E-state index contributed by atoms with van der Waals surface area (Å²) >= 11 is 0. The molecular weight excluding hydrogens is 409 g/mol. The zero-order chi connectivity index (χ0) is 22.1. The van der Waals surface area contributed by atoms with Crippen LogP contribution in [0.1, 0.15) is 51.0 Å². The van der Waals surface area contributed by atoms with Crippen LogP contribution in [-0.4, -0.2) is 62.7 Å². The Morgan fingerprint density at radius 2 is 1.81 bits per heavy atom. The van der Waals surface area contributed by atoms with Gasteiger partial charge in [-0.15, -0.1) is 0 Å². The minimum Gasteiger partial charge on any atom is -0.471 e. The zero-order valence-electron chi connectivity index (χ0n) is 18.4. The van der Waals surface area contributed by atoms with Gasteiger partial charge in [0.2, 0.25) is 0 Å². The SMILES string of the molecule is COCCOC1CCC(C)(N2CCC(N3COc4ccc(C(F)(F)F)cc43)CC2)CC1. The molecule has 0 bridgehead atoms. The van der Waals surface area contributed by atoms with Gasteiger partial charge >= 0.3 is 6.18 Å². The number of hydrogen-bond acceptors (Lipinski definition) is 5. The Kier molecular flexibility index (Phi) is 6.70. The highest BCUT2D eigenvalue weighted by Gasteiger charge is 2.40. The maximum Gasteiger partial charge on any atom is 0.416 e. The molecule has 0 aromatic heterocycles. The molecule has 2 aliphatic heterocycles. The molecule has 174 valence electrons. The third-order valence-corrected chi connectivity index (χ3v) is 7.27. The van der Waals surface area contributed by atoms with Crippen molar-refractivity contribution in [2.75, 3.05) is 45.0 Å². The van der Waals surface area contributed by atoms with Crippen LogP contribution in [0.5, 0.6) is 5.75 Å². The molecule has 0 amide bonds. The van der Waals surface area contributed by atoms with E-state index in [1.54, 1.807) is 7.11 Å². The van der Waals surface area contributed by atoms with Crippen molar-refractivity contribution in [3.8, 4) is 5.75 Å². The predicted octanol–water partition coefficient (Wildman–Crippen LogP) is 4.69. The summed E-state index contributed by atoms with van der Waals surface area (Å²) in [4.78, 5) is 4.60. The topological polar surface area (TPSA) is 34.2 Å². The highest BCUT2D eigenvalue weighted by molar-refractivity contribution is 5.63. The molecule has 1 aromatic rings. The first-order valence-corrected chi connectivity index (χ1v) is 11.3. The minimum absolute atomic E-state index is 0.176. The number of halogens is 3. The van der Waals surface area contributed by atoms with E-state index in [1.165, 1.54) is 12.1 Å². The fourth-order valence-electron chi connectivity index (χ4n) is 5.26. The van der Waals surface area contributed by atoms with Crippen molar-refractivity contribution in [1.29, 1.82) is 0 Å². The Bertz CT molecular complexity index is 742. The van der Waals surface area contributed by atoms with Crippen LogP contribution in [0.3, 0.4) is 0 Å². The van der Waals surface area contributed by atoms with Gasteiger partial charge in [0, 0.05) is 31.8 Å². The summed E-state index contributed by atoms with van der Waals surface area (Å²) in [5.74, 6) is 0.550. The number of fused-ring (bicyclic) bond motifs is 1. The lowest BCUT2D eigenvalue weighted by Crippen LogP contribution is -2.55. The predicted molar refractivity (Wildman–Crippen MR) is 113 cm³/mol. The number of nitrogens with zero attached hydrogens (tertiary/aromatic N) is 2. The fraction of sp³-hybridized carbons (Fsp3) is 0.739. The molecule has 5 nitrogen and oxygen atoms in total. The number of piperidine rings is 1. The first kappa shape index (κ1) is 22.7. The normalized spacial score (nSPS) is 27.9. The molecule has 1 saturated heterocycles. The second kappa shape index (κ2) is 9.16. The number of rotatable bonds is 6. The lowest BCUT2D eigenvalue weighted by atomic mass is 9.79. The van der Waals surface area contributed by atoms with Crippen molar-refractivity contribution < 1.29 is 27.4 Å². The van der Waals surface area contributed by atoms with Gasteiger partial charge < -0.3 is 19.1 Å². The van der Waals surface area contributed by atoms with Crippen LogP contribution in [0.4, 0.5) is 18.9 Å². The van der Waals surface area contributed by atoms with Crippen molar-refractivity contribution in [2.45, 2.75) is 69.3 Å². The van der Waals surface area contributed by atoms with Crippen molar-refractivity contribution in [3.05, 3.63) is 23.8 Å². The molecule has 0 atom stereocenters. The lowest BCUT2D eigenvalue weighted by Gasteiger charge is -2.49. The molecule has 0 radical (unpaired) electrons. The van der Waals surface area contributed by atoms with Gasteiger partial charge in [0.25, 0.3) is 0 Å². The molecule has 4 rings (SSSR count). The average molecular weight is 443 g/mol. The Balaban J connectivity index is 1.32. The third kappa shape index (κ3) is 4.96. The number of hydrogen-bond donors (Lipinski definition) is 0. The minimum atomic E-state index is -4.34. The average Bonchev–Trinajstić information content (AvgIpc) is 3.18. The van der Waals surface area contributed by atoms with Crippen LogP contribution in [-0.2, 0) is 15.7 Å². The standard InChI is InChI=1S/C23H33F3N2O3/c1-22(9-5-19(6-10-22)30-14-13-29-2)27-11-7-18(8-12-27)28-16-31-21-4-3-17(15-20(21)28)23(24,25)26/h3-4,15,18-19H,5-14,16H2,1-2H3. The van der Waals surface area contributed by atoms with Crippen molar-refractivity contribution in [1.82, 2.24) is 4.90 Å². The van der Waals surface area contributed by atoms with Gasteiger partial charge in [-0.2, -0.15) is 13.2 Å². The smallest absolute Gasteiger partial charge is 0.416 e. The molecule has 1 saturated carbocycles. The molecule has 0 N–H and O–H groups in total. The Hall–Kier alpha value is -1.51. The molecule has 2 fully saturated rings. The van der Waals surface area contributed by atoms with E-state index >= 15 is 0 Å². The van der Waals surface area contributed by atoms with Crippen LogP contribution >= 0.6 is 0 Å². The molecule has 0 spiro atoms.